The molecule has 0 aromatic heterocycles. The van der Waals surface area contributed by atoms with Gasteiger partial charge >= 0.3 is 0 Å². The second-order valence-corrected chi connectivity index (χ2v) is 3.15. The number of hydrogen-bond acceptors (Lipinski definition) is 3. The highest BCUT2D eigenvalue weighted by molar-refractivity contribution is 5.85. The smallest absolute Gasteiger partial charge is 0.241 e. The summed E-state index contributed by atoms with van der Waals surface area (Å²) in [4.78, 5) is 23.7. The molecule has 82 valence electrons. The molecule has 0 aromatic carbocycles. The molecule has 0 saturated carbocycles. The van der Waals surface area contributed by atoms with Gasteiger partial charge in [-0.1, -0.05) is 13.3 Å². The summed E-state index contributed by atoms with van der Waals surface area (Å²) in [6.45, 7) is 2.75. The van der Waals surface area contributed by atoms with Crippen LogP contribution in [0.1, 0.15) is 19.8 Å². The van der Waals surface area contributed by atoms with E-state index in [0.717, 1.165) is 19.4 Å². The van der Waals surface area contributed by atoms with Crippen molar-refractivity contribution in [3.8, 4) is 0 Å². The van der Waals surface area contributed by atoms with Crippen molar-refractivity contribution in [1.29, 1.82) is 0 Å². The fraction of sp³-hybridized carbons (Fsp3) is 0.778. The van der Waals surface area contributed by atoms with Crippen molar-refractivity contribution in [1.82, 2.24) is 10.2 Å². The standard InChI is InChI=1S/C9H19N3O2/c1-3-4-5-12(2)9(14)7-11-8(13)6-10/h3-7,10H2,1-2H3,(H,11,13). The number of nitrogens with zero attached hydrogens (tertiary/aromatic N) is 1. The van der Waals surface area contributed by atoms with Crippen LogP contribution in [0.2, 0.25) is 0 Å². The van der Waals surface area contributed by atoms with Crippen LogP contribution in [-0.4, -0.2) is 43.4 Å². The molecule has 0 fully saturated rings. The molecular weight excluding hydrogens is 182 g/mol. The van der Waals surface area contributed by atoms with Gasteiger partial charge in [-0.15, -0.1) is 0 Å². The zero-order valence-electron chi connectivity index (χ0n) is 8.88. The molecule has 0 radical (unpaired) electrons. The van der Waals surface area contributed by atoms with Crippen molar-refractivity contribution in [3.05, 3.63) is 0 Å². The third kappa shape index (κ3) is 5.53. The molecule has 0 aliphatic carbocycles. The van der Waals surface area contributed by atoms with Crippen molar-refractivity contribution in [2.24, 2.45) is 5.73 Å². The normalized spacial score (nSPS) is 9.64. The molecule has 0 unspecified atom stereocenters. The lowest BCUT2D eigenvalue weighted by molar-refractivity contribution is -0.131. The Kier molecular flexibility index (Phi) is 6.74. The van der Waals surface area contributed by atoms with E-state index >= 15 is 0 Å². The minimum Gasteiger partial charge on any atom is -0.346 e. The molecule has 0 aliphatic rings. The number of hydrogen-bond donors (Lipinski definition) is 2. The zero-order valence-corrected chi connectivity index (χ0v) is 8.88. The van der Waals surface area contributed by atoms with E-state index in [0.29, 0.717) is 0 Å². The number of nitrogens with one attached hydrogen (secondary N) is 1. The Morgan fingerprint density at radius 2 is 2.07 bits per heavy atom. The van der Waals surface area contributed by atoms with Crippen LogP contribution in [0.4, 0.5) is 0 Å². The minimum atomic E-state index is -0.303. The average molecular weight is 201 g/mol. The highest BCUT2D eigenvalue weighted by Gasteiger charge is 2.08. The van der Waals surface area contributed by atoms with Gasteiger partial charge in [0.1, 0.15) is 0 Å². The van der Waals surface area contributed by atoms with Gasteiger partial charge in [-0.2, -0.15) is 0 Å². The Hall–Kier alpha value is -1.10. The summed E-state index contributed by atoms with van der Waals surface area (Å²) in [7, 11) is 1.73. The molecule has 2 amide bonds. The molecule has 0 saturated heterocycles. The number of amides is 2. The predicted molar refractivity (Wildman–Crippen MR) is 54.6 cm³/mol. The number of nitrogens with two attached hydrogens (primary N) is 1. The predicted octanol–water partition coefficient (Wildman–Crippen LogP) is -0.680. The summed E-state index contributed by atoms with van der Waals surface area (Å²) in [5.41, 5.74) is 5.08. The first-order chi connectivity index (χ1) is 6.61. The molecule has 5 nitrogen and oxygen atoms in total. The molecular formula is C9H19N3O2. The third-order valence-corrected chi connectivity index (χ3v) is 1.90. The molecule has 0 spiro atoms. The van der Waals surface area contributed by atoms with Gasteiger partial charge in [0.25, 0.3) is 0 Å². The van der Waals surface area contributed by atoms with Crippen LogP contribution < -0.4 is 11.1 Å². The van der Waals surface area contributed by atoms with Crippen LogP contribution in [0.3, 0.4) is 0 Å². The van der Waals surface area contributed by atoms with Crippen LogP contribution >= 0.6 is 0 Å². The Labute approximate surface area is 84.6 Å². The number of rotatable bonds is 6. The Morgan fingerprint density at radius 1 is 1.43 bits per heavy atom. The van der Waals surface area contributed by atoms with E-state index in [4.69, 9.17) is 5.73 Å². The van der Waals surface area contributed by atoms with Gasteiger partial charge in [0, 0.05) is 13.6 Å². The van der Waals surface area contributed by atoms with Gasteiger partial charge in [0.15, 0.2) is 0 Å². The first-order valence-electron chi connectivity index (χ1n) is 4.82. The monoisotopic (exact) mass is 201 g/mol. The fourth-order valence-electron chi connectivity index (χ4n) is 0.901. The number of unbranched alkanes of at least 4 members (excludes halogenated alkanes) is 1. The zero-order chi connectivity index (χ0) is 11.0. The topological polar surface area (TPSA) is 75.4 Å². The summed E-state index contributed by atoms with van der Waals surface area (Å²) in [6.07, 6.45) is 2.03. The molecule has 0 aliphatic heterocycles. The summed E-state index contributed by atoms with van der Waals surface area (Å²) in [6, 6.07) is 0. The molecule has 5 heteroatoms. The molecule has 0 heterocycles. The summed E-state index contributed by atoms with van der Waals surface area (Å²) < 4.78 is 0. The quantitative estimate of drug-likeness (QED) is 0.598. The summed E-state index contributed by atoms with van der Waals surface area (Å²) >= 11 is 0. The Morgan fingerprint density at radius 3 is 2.57 bits per heavy atom. The second kappa shape index (κ2) is 7.32. The third-order valence-electron chi connectivity index (χ3n) is 1.90. The van der Waals surface area contributed by atoms with Gasteiger partial charge in [0.05, 0.1) is 13.1 Å². The highest BCUT2D eigenvalue weighted by Crippen LogP contribution is 1.91. The van der Waals surface area contributed by atoms with Crippen molar-refractivity contribution in [2.75, 3.05) is 26.7 Å². The maximum Gasteiger partial charge on any atom is 0.241 e. The summed E-state index contributed by atoms with van der Waals surface area (Å²) in [5, 5.41) is 2.43. The first kappa shape index (κ1) is 12.9. The highest BCUT2D eigenvalue weighted by atomic mass is 16.2. The lowest BCUT2D eigenvalue weighted by atomic mass is 10.3. The summed E-state index contributed by atoms with van der Waals surface area (Å²) in [5.74, 6) is -0.387. The van der Waals surface area contributed by atoms with Gasteiger partial charge in [-0.05, 0) is 6.42 Å². The van der Waals surface area contributed by atoms with Crippen molar-refractivity contribution in [3.63, 3.8) is 0 Å². The minimum absolute atomic E-state index is 0.0379. The first-order valence-corrected chi connectivity index (χ1v) is 4.82. The van der Waals surface area contributed by atoms with Crippen molar-refractivity contribution >= 4 is 11.8 Å². The van der Waals surface area contributed by atoms with Crippen LogP contribution in [0, 0.1) is 0 Å². The second-order valence-electron chi connectivity index (χ2n) is 3.15. The molecule has 0 bridgehead atoms. The van der Waals surface area contributed by atoms with E-state index < -0.39 is 0 Å². The molecule has 3 N–H and O–H groups in total. The van der Waals surface area contributed by atoms with E-state index in [1.165, 1.54) is 0 Å². The largest absolute Gasteiger partial charge is 0.346 e. The molecule has 14 heavy (non-hydrogen) atoms. The molecule has 0 rings (SSSR count). The van der Waals surface area contributed by atoms with E-state index in [-0.39, 0.29) is 24.9 Å². The van der Waals surface area contributed by atoms with Crippen LogP contribution in [0.15, 0.2) is 0 Å². The average Bonchev–Trinajstić information content (AvgIpc) is 2.21. The van der Waals surface area contributed by atoms with Gasteiger partial charge in [-0.3, -0.25) is 9.59 Å². The maximum atomic E-state index is 11.3. The van der Waals surface area contributed by atoms with Crippen LogP contribution in [-0.2, 0) is 9.59 Å². The van der Waals surface area contributed by atoms with Crippen molar-refractivity contribution < 1.29 is 9.59 Å². The van der Waals surface area contributed by atoms with Gasteiger partial charge in [0.2, 0.25) is 11.8 Å². The lowest BCUT2D eigenvalue weighted by Crippen LogP contribution is -2.40. The SMILES string of the molecule is CCCCN(C)C(=O)CNC(=O)CN. The van der Waals surface area contributed by atoms with Gasteiger partial charge < -0.3 is 16.0 Å². The number of carbonyl (C=O) groups is 2. The van der Waals surface area contributed by atoms with Crippen molar-refractivity contribution in [2.45, 2.75) is 19.8 Å². The fourth-order valence-corrected chi connectivity index (χ4v) is 0.901. The molecule has 0 atom stereocenters. The number of likely N-dealkylation sites (N-methyl/N-ethyl adjacent to an activating group) is 1. The van der Waals surface area contributed by atoms with Gasteiger partial charge in [-0.25, -0.2) is 0 Å². The van der Waals surface area contributed by atoms with E-state index in [1.54, 1.807) is 11.9 Å². The van der Waals surface area contributed by atoms with Crippen LogP contribution in [0.5, 0.6) is 0 Å². The van der Waals surface area contributed by atoms with E-state index in [1.807, 2.05) is 0 Å². The lowest BCUT2D eigenvalue weighted by Gasteiger charge is -2.16. The maximum absolute atomic E-state index is 11.3. The number of carbonyl (C=O) groups excluding carboxylic acids is 2. The molecule has 0 aromatic rings. The van der Waals surface area contributed by atoms with Crippen LogP contribution in [0.25, 0.3) is 0 Å². The Bertz CT molecular complexity index is 194. The van der Waals surface area contributed by atoms with E-state index in [9.17, 15) is 9.59 Å². The van der Waals surface area contributed by atoms with E-state index in [2.05, 4.69) is 12.2 Å². The Balaban J connectivity index is 3.67.